The fourth-order valence-corrected chi connectivity index (χ4v) is 3.41. The van der Waals surface area contributed by atoms with Crippen molar-refractivity contribution in [1.82, 2.24) is 0 Å². The van der Waals surface area contributed by atoms with E-state index >= 15 is 0 Å². The molecule has 1 aromatic rings. The first kappa shape index (κ1) is 30.4. The van der Waals surface area contributed by atoms with E-state index in [-0.39, 0.29) is 18.1 Å². The highest BCUT2D eigenvalue weighted by atomic mass is 32.2. The quantitative estimate of drug-likeness (QED) is 0.133. The van der Waals surface area contributed by atoms with Gasteiger partial charge in [-0.3, -0.25) is 9.35 Å². The largest absolute Gasteiger partial charge is 0.462 e. The topological polar surface area (TPSA) is 150 Å². The molecular formula is C17H18F6O10S2. The molecule has 1 N–H and O–H groups in total. The van der Waals surface area contributed by atoms with Crippen LogP contribution in [0.1, 0.15) is 30.6 Å². The Balaban J connectivity index is 2.92. The number of hydrogen-bond donors (Lipinski definition) is 1. The molecule has 0 bridgehead atoms. The van der Waals surface area contributed by atoms with Crippen LogP contribution >= 0.6 is 0 Å². The smallest absolute Gasteiger partial charge is 0.450 e. The van der Waals surface area contributed by atoms with Crippen molar-refractivity contribution in [3.8, 4) is 5.75 Å². The van der Waals surface area contributed by atoms with E-state index in [1.807, 2.05) is 0 Å². The highest BCUT2D eigenvalue weighted by molar-refractivity contribution is 7.88. The second-order valence-electron chi connectivity index (χ2n) is 6.76. The average molecular weight is 560 g/mol. The molecule has 0 heterocycles. The molecular weight excluding hydrogens is 542 g/mol. The number of halogens is 6. The van der Waals surface area contributed by atoms with Gasteiger partial charge in [-0.2, -0.15) is 43.2 Å². The lowest BCUT2D eigenvalue weighted by molar-refractivity contribution is -0.247. The first-order valence-corrected chi connectivity index (χ1v) is 12.1. The number of hydrogen-bond acceptors (Lipinski definition) is 9. The normalized spacial score (nSPS) is 14.2. The lowest BCUT2D eigenvalue weighted by atomic mass is 10.1. The van der Waals surface area contributed by atoms with Crippen molar-refractivity contribution in [2.75, 3.05) is 13.2 Å². The molecule has 18 heteroatoms. The molecule has 0 aliphatic rings. The van der Waals surface area contributed by atoms with Gasteiger partial charge in [0.25, 0.3) is 0 Å². The van der Waals surface area contributed by atoms with Crippen LogP contribution in [0.15, 0.2) is 24.3 Å². The summed E-state index contributed by atoms with van der Waals surface area (Å²) in [5, 5.41) is -13.7. The van der Waals surface area contributed by atoms with Crippen molar-refractivity contribution in [3.05, 3.63) is 29.8 Å². The van der Waals surface area contributed by atoms with Crippen LogP contribution in [0.5, 0.6) is 5.75 Å². The van der Waals surface area contributed by atoms with Crippen molar-refractivity contribution in [2.24, 2.45) is 5.92 Å². The molecule has 10 nitrogen and oxygen atoms in total. The lowest BCUT2D eigenvalue weighted by Gasteiger charge is -2.29. The van der Waals surface area contributed by atoms with E-state index in [9.17, 15) is 52.8 Å². The number of carbonyl (C=O) groups excluding carboxylic acids is 2. The van der Waals surface area contributed by atoms with Gasteiger partial charge < -0.3 is 13.7 Å². The van der Waals surface area contributed by atoms with Gasteiger partial charge in [0.05, 0.1) is 11.5 Å². The summed E-state index contributed by atoms with van der Waals surface area (Å²) >= 11 is 0. The highest BCUT2D eigenvalue weighted by Gasteiger charge is 2.83. The van der Waals surface area contributed by atoms with Crippen LogP contribution in [-0.4, -0.2) is 63.0 Å². The summed E-state index contributed by atoms with van der Waals surface area (Å²) in [5.74, 6) is -10.3. The minimum atomic E-state index is -7.17. The number of rotatable bonds is 12. The highest BCUT2D eigenvalue weighted by Crippen LogP contribution is 2.50. The predicted molar refractivity (Wildman–Crippen MR) is 103 cm³/mol. The molecule has 0 aliphatic heterocycles. The molecule has 200 valence electrons. The van der Waals surface area contributed by atoms with Gasteiger partial charge in [-0.05, 0) is 30.7 Å². The standard InChI is InChI=1S/C17H18F6O10S2/c1-3-10(2)13(24)31-8-9-32-14(25)11-4-6-12(7-5-11)33-35(29,30)17(22,23)15(18,19)16(20,21)34(26,27)28/h4-7,10H,3,8-9H2,1-2H3,(H,26,27,28). The van der Waals surface area contributed by atoms with E-state index in [1.54, 1.807) is 13.8 Å². The third-order valence-electron chi connectivity index (χ3n) is 4.24. The second-order valence-corrected chi connectivity index (χ2v) is 9.81. The number of carbonyl (C=O) groups is 2. The van der Waals surface area contributed by atoms with E-state index in [0.717, 1.165) is 12.1 Å². The molecule has 0 radical (unpaired) electrons. The third kappa shape index (κ3) is 6.35. The summed E-state index contributed by atoms with van der Waals surface area (Å²) in [6, 6.07) is 2.43. The zero-order chi connectivity index (χ0) is 27.5. The maximum Gasteiger partial charge on any atom is 0.450 e. The Bertz CT molecular complexity index is 1130. The maximum atomic E-state index is 13.8. The summed E-state index contributed by atoms with van der Waals surface area (Å²) in [4.78, 5) is 23.3. The van der Waals surface area contributed by atoms with E-state index in [0.29, 0.717) is 18.6 Å². The number of esters is 2. The van der Waals surface area contributed by atoms with Crippen LogP contribution in [0.4, 0.5) is 26.3 Å². The molecule has 0 fully saturated rings. The van der Waals surface area contributed by atoms with Gasteiger partial charge in [-0.25, -0.2) is 4.79 Å². The van der Waals surface area contributed by atoms with Gasteiger partial charge in [0.1, 0.15) is 19.0 Å². The number of alkyl halides is 6. The SMILES string of the molecule is CCC(C)C(=O)OCCOC(=O)c1ccc(OS(=O)(=O)C(F)(F)C(F)(F)C(F)(F)S(=O)(=O)O)cc1. The van der Waals surface area contributed by atoms with E-state index < -0.39 is 61.0 Å². The minimum absolute atomic E-state index is 0.300. The maximum absolute atomic E-state index is 13.8. The zero-order valence-electron chi connectivity index (χ0n) is 17.7. The Hall–Kier alpha value is -2.60. The minimum Gasteiger partial charge on any atom is -0.462 e. The van der Waals surface area contributed by atoms with Gasteiger partial charge >= 0.3 is 48.6 Å². The zero-order valence-corrected chi connectivity index (χ0v) is 19.3. The molecule has 0 saturated heterocycles. The van der Waals surface area contributed by atoms with Crippen molar-refractivity contribution < 1.29 is 71.0 Å². The first-order chi connectivity index (χ1) is 15.7. The van der Waals surface area contributed by atoms with E-state index in [4.69, 9.17) is 14.0 Å². The van der Waals surface area contributed by atoms with Crippen LogP contribution in [0, 0.1) is 5.92 Å². The summed E-state index contributed by atoms with van der Waals surface area (Å²) in [7, 11) is -14.2. The Morgan fingerprint density at radius 2 is 1.40 bits per heavy atom. The van der Waals surface area contributed by atoms with Gasteiger partial charge in [-0.1, -0.05) is 13.8 Å². The van der Waals surface area contributed by atoms with Crippen LogP contribution in [-0.2, 0) is 34.5 Å². The Morgan fingerprint density at radius 1 is 0.914 bits per heavy atom. The number of benzene rings is 1. The van der Waals surface area contributed by atoms with Crippen molar-refractivity contribution in [2.45, 2.75) is 36.7 Å². The molecule has 0 aliphatic carbocycles. The van der Waals surface area contributed by atoms with Gasteiger partial charge in [0, 0.05) is 0 Å². The van der Waals surface area contributed by atoms with Crippen molar-refractivity contribution in [1.29, 1.82) is 0 Å². The van der Waals surface area contributed by atoms with Crippen molar-refractivity contribution in [3.63, 3.8) is 0 Å². The Kier molecular flexibility index (Phi) is 9.19. The predicted octanol–water partition coefficient (Wildman–Crippen LogP) is 2.85. The van der Waals surface area contributed by atoms with E-state index in [2.05, 4.69) is 4.18 Å². The Morgan fingerprint density at radius 3 is 1.86 bits per heavy atom. The van der Waals surface area contributed by atoms with Crippen LogP contribution < -0.4 is 4.18 Å². The average Bonchev–Trinajstić information content (AvgIpc) is 2.74. The number of ether oxygens (including phenoxy) is 2. The summed E-state index contributed by atoms with van der Waals surface area (Å²) < 4.78 is 146. The van der Waals surface area contributed by atoms with Crippen LogP contribution in [0.25, 0.3) is 0 Å². The first-order valence-electron chi connectivity index (χ1n) is 9.21. The molecule has 1 unspecified atom stereocenters. The van der Waals surface area contributed by atoms with Crippen LogP contribution in [0.3, 0.4) is 0 Å². The van der Waals surface area contributed by atoms with Gasteiger partial charge in [-0.15, -0.1) is 0 Å². The molecule has 1 atom stereocenters. The molecule has 1 aromatic carbocycles. The third-order valence-corrected chi connectivity index (χ3v) is 6.44. The summed E-state index contributed by atoms with van der Waals surface area (Å²) in [6.07, 6.45) is 0.509. The van der Waals surface area contributed by atoms with E-state index in [1.165, 1.54) is 0 Å². The Labute approximate surface area is 195 Å². The monoisotopic (exact) mass is 560 g/mol. The molecule has 35 heavy (non-hydrogen) atoms. The van der Waals surface area contributed by atoms with Crippen LogP contribution in [0.2, 0.25) is 0 Å². The van der Waals surface area contributed by atoms with Crippen molar-refractivity contribution >= 4 is 32.2 Å². The fourth-order valence-electron chi connectivity index (χ4n) is 1.98. The van der Waals surface area contributed by atoms with Gasteiger partial charge in [0.2, 0.25) is 0 Å². The molecule has 0 spiro atoms. The molecule has 0 amide bonds. The molecule has 0 saturated carbocycles. The lowest BCUT2D eigenvalue weighted by Crippen LogP contribution is -2.61. The van der Waals surface area contributed by atoms with Gasteiger partial charge in [0.15, 0.2) is 0 Å². The molecule has 0 aromatic heterocycles. The summed E-state index contributed by atoms with van der Waals surface area (Å²) in [5.41, 5.74) is -0.335. The molecule has 1 rings (SSSR count). The fraction of sp³-hybridized carbons (Fsp3) is 0.529. The second kappa shape index (κ2) is 10.6. The summed E-state index contributed by atoms with van der Waals surface area (Å²) in [6.45, 7) is 2.66.